The molecule has 0 saturated carbocycles. The summed E-state index contributed by atoms with van der Waals surface area (Å²) in [6.45, 7) is 4.62. The molecule has 6 heteroatoms. The molecule has 0 spiro atoms. The molecule has 0 radical (unpaired) electrons. The van der Waals surface area contributed by atoms with Crippen molar-refractivity contribution in [3.8, 4) is 10.6 Å². The van der Waals surface area contributed by atoms with E-state index in [2.05, 4.69) is 39.9 Å². The van der Waals surface area contributed by atoms with Crippen LogP contribution in [0, 0.1) is 0 Å². The third-order valence-electron chi connectivity index (χ3n) is 4.85. The van der Waals surface area contributed by atoms with Crippen LogP contribution in [-0.2, 0) is 6.54 Å². The Morgan fingerprint density at radius 1 is 1.17 bits per heavy atom. The molecule has 126 valence electrons. The quantitative estimate of drug-likeness (QED) is 0.929. The van der Waals surface area contributed by atoms with Gasteiger partial charge in [0.25, 0.3) is 0 Å². The first-order valence-corrected chi connectivity index (χ1v) is 9.44. The molecule has 2 aliphatic rings. The molecule has 0 bridgehead atoms. The third-order valence-corrected chi connectivity index (χ3v) is 5.79. The maximum absolute atomic E-state index is 11.8. The average Bonchev–Trinajstić information content (AvgIpc) is 3.26. The molecule has 0 aliphatic carbocycles. The first-order chi connectivity index (χ1) is 11.8. The van der Waals surface area contributed by atoms with Crippen LogP contribution in [0.3, 0.4) is 0 Å². The SMILES string of the molecule is O=C1NCCN1C1CCN(Cc2csc(-c3ccccc3)n2)CC1. The lowest BCUT2D eigenvalue weighted by Gasteiger charge is -2.35. The molecule has 1 aromatic heterocycles. The molecule has 1 aromatic carbocycles. The van der Waals surface area contributed by atoms with Gasteiger partial charge in [0.15, 0.2) is 0 Å². The Hall–Kier alpha value is -1.92. The van der Waals surface area contributed by atoms with Gasteiger partial charge in [-0.3, -0.25) is 4.90 Å². The second-order valence-corrected chi connectivity index (χ2v) is 7.30. The van der Waals surface area contributed by atoms with Crippen molar-refractivity contribution < 1.29 is 4.79 Å². The van der Waals surface area contributed by atoms with E-state index in [0.29, 0.717) is 6.04 Å². The number of amides is 2. The lowest BCUT2D eigenvalue weighted by molar-refractivity contribution is 0.131. The number of aromatic nitrogens is 1. The van der Waals surface area contributed by atoms with Crippen LogP contribution in [0.5, 0.6) is 0 Å². The summed E-state index contributed by atoms with van der Waals surface area (Å²) >= 11 is 1.71. The van der Waals surface area contributed by atoms with Gasteiger partial charge < -0.3 is 10.2 Å². The Kier molecular flexibility index (Phi) is 4.49. The molecule has 0 unspecified atom stereocenters. The Morgan fingerprint density at radius 2 is 1.96 bits per heavy atom. The minimum absolute atomic E-state index is 0.112. The van der Waals surface area contributed by atoms with E-state index in [1.165, 1.54) is 5.56 Å². The van der Waals surface area contributed by atoms with E-state index in [1.54, 1.807) is 11.3 Å². The first kappa shape index (κ1) is 15.6. The van der Waals surface area contributed by atoms with Gasteiger partial charge in [0.05, 0.1) is 5.69 Å². The number of thiazole rings is 1. The van der Waals surface area contributed by atoms with Crippen molar-refractivity contribution in [2.45, 2.75) is 25.4 Å². The third kappa shape index (κ3) is 3.30. The Labute approximate surface area is 146 Å². The van der Waals surface area contributed by atoms with Crippen molar-refractivity contribution in [1.29, 1.82) is 0 Å². The highest BCUT2D eigenvalue weighted by atomic mass is 32.1. The first-order valence-electron chi connectivity index (χ1n) is 8.56. The van der Waals surface area contributed by atoms with Crippen LogP contribution >= 0.6 is 11.3 Å². The van der Waals surface area contributed by atoms with Crippen molar-refractivity contribution in [3.63, 3.8) is 0 Å². The summed E-state index contributed by atoms with van der Waals surface area (Å²) in [5.74, 6) is 0. The fraction of sp³-hybridized carbons (Fsp3) is 0.444. The van der Waals surface area contributed by atoms with Gasteiger partial charge in [-0.25, -0.2) is 9.78 Å². The molecular formula is C18H22N4OS. The van der Waals surface area contributed by atoms with Gasteiger partial charge in [0, 0.05) is 49.7 Å². The number of rotatable bonds is 4. The molecule has 4 rings (SSSR count). The monoisotopic (exact) mass is 342 g/mol. The molecule has 2 saturated heterocycles. The highest BCUT2D eigenvalue weighted by molar-refractivity contribution is 7.13. The molecular weight excluding hydrogens is 320 g/mol. The van der Waals surface area contributed by atoms with Gasteiger partial charge >= 0.3 is 6.03 Å². The number of hydrogen-bond acceptors (Lipinski definition) is 4. The van der Waals surface area contributed by atoms with Crippen molar-refractivity contribution in [1.82, 2.24) is 20.1 Å². The predicted molar refractivity (Wildman–Crippen MR) is 96.0 cm³/mol. The van der Waals surface area contributed by atoms with E-state index in [9.17, 15) is 4.79 Å². The average molecular weight is 342 g/mol. The van der Waals surface area contributed by atoms with Crippen molar-refractivity contribution in [2.24, 2.45) is 0 Å². The van der Waals surface area contributed by atoms with Gasteiger partial charge in [-0.1, -0.05) is 30.3 Å². The van der Waals surface area contributed by atoms with E-state index >= 15 is 0 Å². The fourth-order valence-electron chi connectivity index (χ4n) is 3.55. The number of piperidine rings is 1. The number of carbonyl (C=O) groups is 1. The largest absolute Gasteiger partial charge is 0.336 e. The standard InChI is InChI=1S/C18H22N4OS/c23-18-19-8-11-22(18)16-6-9-21(10-7-16)12-15-13-24-17(20-15)14-4-2-1-3-5-14/h1-5,13,16H,6-12H2,(H,19,23). The summed E-state index contributed by atoms with van der Waals surface area (Å²) in [4.78, 5) is 21.0. The van der Waals surface area contributed by atoms with E-state index in [4.69, 9.17) is 4.98 Å². The second-order valence-electron chi connectivity index (χ2n) is 6.44. The van der Waals surface area contributed by atoms with Crippen molar-refractivity contribution in [3.05, 3.63) is 41.4 Å². The summed E-state index contributed by atoms with van der Waals surface area (Å²) in [7, 11) is 0. The lowest BCUT2D eigenvalue weighted by Crippen LogP contribution is -2.45. The fourth-order valence-corrected chi connectivity index (χ4v) is 4.36. The van der Waals surface area contributed by atoms with Crippen molar-refractivity contribution in [2.75, 3.05) is 26.2 Å². The predicted octanol–water partition coefficient (Wildman–Crippen LogP) is 2.80. The number of likely N-dealkylation sites (tertiary alicyclic amines) is 1. The number of nitrogens with zero attached hydrogens (tertiary/aromatic N) is 3. The van der Waals surface area contributed by atoms with Crippen molar-refractivity contribution >= 4 is 17.4 Å². The molecule has 2 aromatic rings. The maximum Gasteiger partial charge on any atom is 0.317 e. The highest BCUT2D eigenvalue weighted by Gasteiger charge is 2.30. The van der Waals surface area contributed by atoms with Gasteiger partial charge in [0.1, 0.15) is 5.01 Å². The number of hydrogen-bond donors (Lipinski definition) is 1. The minimum Gasteiger partial charge on any atom is -0.336 e. The van der Waals surface area contributed by atoms with Crippen LogP contribution in [0.15, 0.2) is 35.7 Å². The molecule has 2 fully saturated rings. The van der Waals surface area contributed by atoms with Gasteiger partial charge in [-0.05, 0) is 12.8 Å². The second kappa shape index (κ2) is 6.91. The normalized spacial score (nSPS) is 19.7. The van der Waals surface area contributed by atoms with Crippen LogP contribution in [0.25, 0.3) is 10.6 Å². The van der Waals surface area contributed by atoms with E-state index < -0.39 is 0 Å². The summed E-state index contributed by atoms with van der Waals surface area (Å²) in [6, 6.07) is 10.9. The number of nitrogens with one attached hydrogen (secondary N) is 1. The number of urea groups is 1. The molecule has 2 aliphatic heterocycles. The van der Waals surface area contributed by atoms with E-state index in [1.807, 2.05) is 11.0 Å². The summed E-state index contributed by atoms with van der Waals surface area (Å²) in [6.07, 6.45) is 2.12. The maximum atomic E-state index is 11.8. The van der Waals surface area contributed by atoms with Crippen LogP contribution in [0.2, 0.25) is 0 Å². The van der Waals surface area contributed by atoms with E-state index in [-0.39, 0.29) is 6.03 Å². The Morgan fingerprint density at radius 3 is 2.67 bits per heavy atom. The Balaban J connectivity index is 1.33. The lowest BCUT2D eigenvalue weighted by atomic mass is 10.0. The zero-order chi connectivity index (χ0) is 16.4. The Bertz CT molecular complexity index is 694. The zero-order valence-electron chi connectivity index (χ0n) is 13.6. The highest BCUT2D eigenvalue weighted by Crippen LogP contribution is 2.25. The minimum atomic E-state index is 0.112. The van der Waals surface area contributed by atoms with Gasteiger partial charge in [0.2, 0.25) is 0 Å². The number of benzene rings is 1. The topological polar surface area (TPSA) is 48.5 Å². The van der Waals surface area contributed by atoms with E-state index in [0.717, 1.165) is 56.3 Å². The van der Waals surface area contributed by atoms with Crippen LogP contribution in [0.4, 0.5) is 4.79 Å². The molecule has 24 heavy (non-hydrogen) atoms. The molecule has 1 N–H and O–H groups in total. The molecule has 5 nitrogen and oxygen atoms in total. The number of carbonyl (C=O) groups excluding carboxylic acids is 1. The summed E-state index contributed by atoms with van der Waals surface area (Å²) < 4.78 is 0. The zero-order valence-corrected chi connectivity index (χ0v) is 14.5. The van der Waals surface area contributed by atoms with Gasteiger partial charge in [-0.15, -0.1) is 11.3 Å². The molecule has 2 amide bonds. The van der Waals surface area contributed by atoms with Crippen LogP contribution in [-0.4, -0.2) is 53.0 Å². The summed E-state index contributed by atoms with van der Waals surface area (Å²) in [5.41, 5.74) is 2.34. The molecule has 0 atom stereocenters. The van der Waals surface area contributed by atoms with Crippen LogP contribution < -0.4 is 5.32 Å². The molecule has 3 heterocycles. The van der Waals surface area contributed by atoms with Gasteiger partial charge in [-0.2, -0.15) is 0 Å². The smallest absolute Gasteiger partial charge is 0.317 e. The van der Waals surface area contributed by atoms with Crippen LogP contribution in [0.1, 0.15) is 18.5 Å². The summed E-state index contributed by atoms with van der Waals surface area (Å²) in [5, 5.41) is 6.16.